The van der Waals surface area contributed by atoms with E-state index < -0.39 is 0 Å². The molecule has 1 heterocycles. The number of hydrogen-bond acceptors (Lipinski definition) is 4. The molecular weight excluding hydrogens is 242 g/mol. The SMILES string of the molecule is CC(=O)C1=C(C)/C(=C/N)C(=N)N(C2CCCC2)C1=O. The molecule has 1 fully saturated rings. The zero-order valence-corrected chi connectivity index (χ0v) is 11.3. The van der Waals surface area contributed by atoms with Crippen molar-refractivity contribution in [2.75, 3.05) is 0 Å². The molecule has 1 saturated carbocycles. The van der Waals surface area contributed by atoms with Crippen LogP contribution in [0.25, 0.3) is 0 Å². The number of carbonyl (C=O) groups excluding carboxylic acids is 2. The van der Waals surface area contributed by atoms with Gasteiger partial charge in [-0.3, -0.25) is 19.9 Å². The summed E-state index contributed by atoms with van der Waals surface area (Å²) >= 11 is 0. The standard InChI is InChI=1S/C14H19N3O2/c1-8-11(7-15)13(16)17(10-5-3-4-6-10)14(19)12(8)9(2)18/h7,10,16H,3-6,15H2,1-2H3/b11-7-,16-13?. The summed E-state index contributed by atoms with van der Waals surface area (Å²) in [5.74, 6) is -0.480. The van der Waals surface area contributed by atoms with Crippen molar-refractivity contribution in [3.05, 3.63) is 22.9 Å². The van der Waals surface area contributed by atoms with E-state index in [4.69, 9.17) is 11.1 Å². The molecule has 0 aromatic rings. The van der Waals surface area contributed by atoms with Crippen LogP contribution in [0.2, 0.25) is 0 Å². The Labute approximate surface area is 112 Å². The number of carbonyl (C=O) groups is 2. The van der Waals surface area contributed by atoms with Gasteiger partial charge in [0, 0.05) is 17.8 Å². The molecule has 1 amide bonds. The van der Waals surface area contributed by atoms with Gasteiger partial charge >= 0.3 is 0 Å². The number of Topliss-reactive ketones (excluding diaryl/α,β-unsaturated/α-hetero) is 1. The van der Waals surface area contributed by atoms with Crippen molar-refractivity contribution in [2.45, 2.75) is 45.6 Å². The smallest absolute Gasteiger partial charge is 0.263 e. The van der Waals surface area contributed by atoms with Crippen LogP contribution in [-0.4, -0.2) is 28.5 Å². The minimum absolute atomic E-state index is 0.0254. The highest BCUT2D eigenvalue weighted by molar-refractivity contribution is 6.28. The van der Waals surface area contributed by atoms with Crippen molar-refractivity contribution in [2.24, 2.45) is 5.73 Å². The molecule has 3 N–H and O–H groups in total. The molecule has 2 aliphatic rings. The van der Waals surface area contributed by atoms with Crippen LogP contribution < -0.4 is 5.73 Å². The van der Waals surface area contributed by atoms with Crippen LogP contribution in [0.1, 0.15) is 39.5 Å². The summed E-state index contributed by atoms with van der Waals surface area (Å²) in [6, 6.07) is 0.0254. The second kappa shape index (κ2) is 4.99. The normalized spacial score (nSPS) is 23.7. The number of ketones is 1. The summed E-state index contributed by atoms with van der Waals surface area (Å²) < 4.78 is 0. The molecule has 0 bridgehead atoms. The second-order valence-electron chi connectivity index (χ2n) is 5.10. The monoisotopic (exact) mass is 261 g/mol. The maximum absolute atomic E-state index is 12.5. The number of nitrogens with one attached hydrogen (secondary N) is 1. The number of nitrogens with zero attached hydrogens (tertiary/aromatic N) is 1. The number of amidine groups is 1. The largest absolute Gasteiger partial charge is 0.404 e. The molecule has 5 heteroatoms. The lowest BCUT2D eigenvalue weighted by Gasteiger charge is -2.35. The van der Waals surface area contributed by atoms with Crippen LogP contribution in [0.5, 0.6) is 0 Å². The fourth-order valence-corrected chi connectivity index (χ4v) is 2.95. The van der Waals surface area contributed by atoms with Gasteiger partial charge in [-0.05, 0) is 32.3 Å². The minimum atomic E-state index is -0.340. The van der Waals surface area contributed by atoms with Gasteiger partial charge in [-0.1, -0.05) is 12.8 Å². The number of rotatable bonds is 2. The van der Waals surface area contributed by atoms with Crippen molar-refractivity contribution in [1.82, 2.24) is 4.90 Å². The van der Waals surface area contributed by atoms with E-state index in [9.17, 15) is 9.59 Å². The van der Waals surface area contributed by atoms with Gasteiger partial charge in [-0.2, -0.15) is 0 Å². The highest BCUT2D eigenvalue weighted by Crippen LogP contribution is 2.32. The Bertz CT molecular complexity index is 511. The zero-order valence-electron chi connectivity index (χ0n) is 11.3. The van der Waals surface area contributed by atoms with Crippen LogP contribution in [0.4, 0.5) is 0 Å². The van der Waals surface area contributed by atoms with Crippen molar-refractivity contribution in [1.29, 1.82) is 5.41 Å². The lowest BCUT2D eigenvalue weighted by molar-refractivity contribution is -0.127. The van der Waals surface area contributed by atoms with E-state index in [2.05, 4.69) is 0 Å². The van der Waals surface area contributed by atoms with Crippen LogP contribution >= 0.6 is 0 Å². The predicted molar refractivity (Wildman–Crippen MR) is 72.5 cm³/mol. The third-order valence-electron chi connectivity index (χ3n) is 3.92. The zero-order chi connectivity index (χ0) is 14.2. The summed E-state index contributed by atoms with van der Waals surface area (Å²) in [6.07, 6.45) is 5.20. The topological polar surface area (TPSA) is 87.2 Å². The molecule has 0 atom stereocenters. The van der Waals surface area contributed by atoms with Crippen LogP contribution in [-0.2, 0) is 9.59 Å². The van der Waals surface area contributed by atoms with E-state index >= 15 is 0 Å². The molecule has 0 aromatic carbocycles. The van der Waals surface area contributed by atoms with Crippen molar-refractivity contribution in [3.8, 4) is 0 Å². The Hall–Kier alpha value is -1.91. The van der Waals surface area contributed by atoms with Gasteiger partial charge < -0.3 is 5.73 Å². The summed E-state index contributed by atoms with van der Waals surface area (Å²) in [5.41, 5.74) is 6.73. The summed E-state index contributed by atoms with van der Waals surface area (Å²) in [7, 11) is 0. The maximum atomic E-state index is 12.5. The molecule has 1 aliphatic heterocycles. The van der Waals surface area contributed by atoms with Gasteiger partial charge in [0.1, 0.15) is 5.84 Å². The molecule has 5 nitrogen and oxygen atoms in total. The Kier molecular flexibility index (Phi) is 3.55. The number of amides is 1. The van der Waals surface area contributed by atoms with Gasteiger partial charge in [-0.15, -0.1) is 0 Å². The molecule has 19 heavy (non-hydrogen) atoms. The van der Waals surface area contributed by atoms with Crippen LogP contribution in [0.15, 0.2) is 22.9 Å². The minimum Gasteiger partial charge on any atom is -0.404 e. The van der Waals surface area contributed by atoms with E-state index in [0.29, 0.717) is 11.1 Å². The first-order valence-corrected chi connectivity index (χ1v) is 6.55. The van der Waals surface area contributed by atoms with Gasteiger partial charge in [0.2, 0.25) is 0 Å². The Morgan fingerprint density at radius 1 is 1.42 bits per heavy atom. The first kappa shape index (κ1) is 13.5. The highest BCUT2D eigenvalue weighted by Gasteiger charge is 2.39. The van der Waals surface area contributed by atoms with Gasteiger partial charge in [0.15, 0.2) is 5.78 Å². The molecular formula is C14H19N3O2. The average molecular weight is 261 g/mol. The molecule has 102 valence electrons. The molecule has 0 spiro atoms. The third kappa shape index (κ3) is 2.09. The lowest BCUT2D eigenvalue weighted by Crippen LogP contribution is -2.49. The van der Waals surface area contributed by atoms with Crippen LogP contribution in [0, 0.1) is 5.41 Å². The third-order valence-corrected chi connectivity index (χ3v) is 3.92. The van der Waals surface area contributed by atoms with Gasteiger partial charge in [0.25, 0.3) is 5.91 Å². The summed E-state index contributed by atoms with van der Waals surface area (Å²) in [5, 5.41) is 8.17. The van der Waals surface area contributed by atoms with Crippen LogP contribution in [0.3, 0.4) is 0 Å². The number of hydrogen-bond donors (Lipinski definition) is 2. The summed E-state index contributed by atoms with van der Waals surface area (Å²) in [4.78, 5) is 25.6. The van der Waals surface area contributed by atoms with Crippen molar-refractivity contribution >= 4 is 17.5 Å². The quantitative estimate of drug-likeness (QED) is 0.738. The lowest BCUT2D eigenvalue weighted by atomic mass is 9.91. The fraction of sp³-hybridized carbons (Fsp3) is 0.500. The maximum Gasteiger partial charge on any atom is 0.263 e. The summed E-state index contributed by atoms with van der Waals surface area (Å²) in [6.45, 7) is 3.06. The van der Waals surface area contributed by atoms with Gasteiger partial charge in [-0.25, -0.2) is 0 Å². The second-order valence-corrected chi connectivity index (χ2v) is 5.10. The molecule has 2 rings (SSSR count). The van der Waals surface area contributed by atoms with E-state index in [1.807, 2.05) is 0 Å². The molecule has 1 aliphatic carbocycles. The fourth-order valence-electron chi connectivity index (χ4n) is 2.95. The molecule has 0 unspecified atom stereocenters. The Morgan fingerprint density at radius 3 is 2.47 bits per heavy atom. The van der Waals surface area contributed by atoms with E-state index in [-0.39, 0.29) is 29.1 Å². The van der Waals surface area contributed by atoms with E-state index in [1.165, 1.54) is 18.0 Å². The Morgan fingerprint density at radius 2 is 2.00 bits per heavy atom. The first-order valence-electron chi connectivity index (χ1n) is 6.55. The van der Waals surface area contributed by atoms with Crippen molar-refractivity contribution < 1.29 is 9.59 Å². The first-order chi connectivity index (χ1) is 8.99. The van der Waals surface area contributed by atoms with Crippen molar-refractivity contribution in [3.63, 3.8) is 0 Å². The van der Waals surface area contributed by atoms with Gasteiger partial charge in [0.05, 0.1) is 5.57 Å². The molecule has 0 radical (unpaired) electrons. The van der Waals surface area contributed by atoms with E-state index in [0.717, 1.165) is 25.7 Å². The molecule has 0 saturated heterocycles. The Balaban J connectivity index is 2.51. The average Bonchev–Trinajstić information content (AvgIpc) is 2.82. The highest BCUT2D eigenvalue weighted by atomic mass is 16.2. The predicted octanol–water partition coefficient (Wildman–Crippen LogP) is 1.50. The van der Waals surface area contributed by atoms with E-state index in [1.54, 1.807) is 6.92 Å². The number of nitrogens with two attached hydrogens (primary N) is 1. The molecule has 0 aromatic heterocycles.